The van der Waals surface area contributed by atoms with Crippen LogP contribution in [0.3, 0.4) is 0 Å². The van der Waals surface area contributed by atoms with Gasteiger partial charge in [0.05, 0.1) is 29.9 Å². The van der Waals surface area contributed by atoms with Crippen LogP contribution >= 0.6 is 15.9 Å². The molecule has 6 nitrogen and oxygen atoms in total. The van der Waals surface area contributed by atoms with Gasteiger partial charge in [0.2, 0.25) is 5.91 Å². The second kappa shape index (κ2) is 6.17. The molecular formula is C14H17BrN4O2. The Morgan fingerprint density at radius 3 is 2.76 bits per heavy atom. The molecule has 3 N–H and O–H groups in total. The van der Waals surface area contributed by atoms with Gasteiger partial charge in [-0.15, -0.1) is 0 Å². The van der Waals surface area contributed by atoms with Crippen LogP contribution in [0.5, 0.6) is 5.75 Å². The van der Waals surface area contributed by atoms with E-state index in [-0.39, 0.29) is 12.5 Å². The molecule has 0 radical (unpaired) electrons. The first kappa shape index (κ1) is 15.4. The molecule has 0 aliphatic carbocycles. The molecule has 21 heavy (non-hydrogen) atoms. The average Bonchev–Trinajstić information content (AvgIpc) is 2.68. The number of anilines is 2. The van der Waals surface area contributed by atoms with Crippen molar-refractivity contribution < 1.29 is 9.53 Å². The zero-order chi connectivity index (χ0) is 15.6. The molecule has 0 spiro atoms. The number of methoxy groups -OCH3 is 1. The van der Waals surface area contributed by atoms with Crippen molar-refractivity contribution in [3.8, 4) is 5.75 Å². The Balaban J connectivity index is 2.13. The molecule has 7 heteroatoms. The summed E-state index contributed by atoms with van der Waals surface area (Å²) < 4.78 is 7.51. The summed E-state index contributed by atoms with van der Waals surface area (Å²) >= 11 is 3.39. The number of carbonyl (C=O) groups is 1. The molecule has 1 aromatic carbocycles. The van der Waals surface area contributed by atoms with E-state index in [1.807, 2.05) is 19.9 Å². The van der Waals surface area contributed by atoms with Crippen LogP contribution in [0.15, 0.2) is 22.7 Å². The van der Waals surface area contributed by atoms with Gasteiger partial charge in [-0.2, -0.15) is 5.10 Å². The summed E-state index contributed by atoms with van der Waals surface area (Å²) in [5.74, 6) is 0.485. The van der Waals surface area contributed by atoms with Crippen LogP contribution < -0.4 is 15.8 Å². The molecular weight excluding hydrogens is 336 g/mol. The average molecular weight is 353 g/mol. The summed E-state index contributed by atoms with van der Waals surface area (Å²) in [6.45, 7) is 3.76. The minimum atomic E-state index is -0.186. The molecule has 112 valence electrons. The Bertz CT molecular complexity index is 682. The molecule has 0 bridgehead atoms. The number of nitrogens with two attached hydrogens (primary N) is 1. The summed E-state index contributed by atoms with van der Waals surface area (Å²) in [6.07, 6.45) is 0. The second-order valence-corrected chi connectivity index (χ2v) is 5.49. The number of halogens is 1. The molecule has 1 amide bonds. The summed E-state index contributed by atoms with van der Waals surface area (Å²) in [5.41, 5.74) is 8.63. The number of ether oxygens (including phenoxy) is 1. The maximum atomic E-state index is 12.1. The lowest BCUT2D eigenvalue weighted by Crippen LogP contribution is -2.20. The van der Waals surface area contributed by atoms with E-state index in [1.54, 1.807) is 23.9 Å². The van der Waals surface area contributed by atoms with Gasteiger partial charge in [0.1, 0.15) is 12.3 Å². The third kappa shape index (κ3) is 3.36. The van der Waals surface area contributed by atoms with Gasteiger partial charge in [-0.1, -0.05) is 0 Å². The Morgan fingerprint density at radius 2 is 2.19 bits per heavy atom. The van der Waals surface area contributed by atoms with Gasteiger partial charge in [0, 0.05) is 10.5 Å². The van der Waals surface area contributed by atoms with E-state index in [0.29, 0.717) is 17.1 Å². The van der Waals surface area contributed by atoms with Crippen molar-refractivity contribution in [1.29, 1.82) is 0 Å². The lowest BCUT2D eigenvalue weighted by atomic mass is 10.3. The van der Waals surface area contributed by atoms with Gasteiger partial charge in [0.15, 0.2) is 0 Å². The van der Waals surface area contributed by atoms with Crippen molar-refractivity contribution in [3.05, 3.63) is 34.1 Å². The van der Waals surface area contributed by atoms with Crippen molar-refractivity contribution in [2.45, 2.75) is 20.4 Å². The monoisotopic (exact) mass is 352 g/mol. The van der Waals surface area contributed by atoms with Gasteiger partial charge < -0.3 is 15.8 Å². The fraction of sp³-hybridized carbons (Fsp3) is 0.286. The van der Waals surface area contributed by atoms with E-state index < -0.39 is 0 Å². The van der Waals surface area contributed by atoms with Crippen molar-refractivity contribution in [3.63, 3.8) is 0 Å². The third-order valence-corrected chi connectivity index (χ3v) is 3.87. The van der Waals surface area contributed by atoms with Gasteiger partial charge in [-0.05, 0) is 41.9 Å². The van der Waals surface area contributed by atoms with E-state index in [2.05, 4.69) is 26.3 Å². The number of aryl methyl sites for hydroxylation is 1. The molecule has 0 fully saturated rings. The minimum Gasteiger partial charge on any atom is -0.497 e. The first-order valence-electron chi connectivity index (χ1n) is 6.35. The third-order valence-electron chi connectivity index (χ3n) is 3.18. The first-order valence-corrected chi connectivity index (χ1v) is 7.14. The number of carbonyl (C=O) groups excluding carboxylic acids is 1. The van der Waals surface area contributed by atoms with Crippen LogP contribution in [0.1, 0.15) is 11.4 Å². The lowest BCUT2D eigenvalue weighted by molar-refractivity contribution is -0.116. The lowest BCUT2D eigenvalue weighted by Gasteiger charge is -2.10. The number of nitrogen functional groups attached to an aromatic ring is 1. The Hall–Kier alpha value is -2.02. The number of benzene rings is 1. The van der Waals surface area contributed by atoms with Crippen molar-refractivity contribution in [2.24, 2.45) is 0 Å². The highest BCUT2D eigenvalue weighted by Gasteiger charge is 2.12. The zero-order valence-electron chi connectivity index (χ0n) is 12.1. The van der Waals surface area contributed by atoms with E-state index >= 15 is 0 Å². The molecule has 2 rings (SSSR count). The van der Waals surface area contributed by atoms with E-state index in [1.165, 1.54) is 0 Å². The van der Waals surface area contributed by atoms with Crippen molar-refractivity contribution in [1.82, 2.24) is 9.78 Å². The van der Waals surface area contributed by atoms with Gasteiger partial charge in [-0.25, -0.2) is 0 Å². The fourth-order valence-electron chi connectivity index (χ4n) is 1.92. The highest BCUT2D eigenvalue weighted by atomic mass is 79.9. The molecule has 1 aromatic heterocycles. The maximum Gasteiger partial charge on any atom is 0.246 e. The second-order valence-electron chi connectivity index (χ2n) is 4.64. The first-order chi connectivity index (χ1) is 9.92. The summed E-state index contributed by atoms with van der Waals surface area (Å²) in [7, 11) is 1.58. The molecule has 2 aromatic rings. The Kier molecular flexibility index (Phi) is 4.52. The number of rotatable bonds is 4. The predicted molar refractivity (Wildman–Crippen MR) is 85.4 cm³/mol. The van der Waals surface area contributed by atoms with Crippen LogP contribution in [0.4, 0.5) is 11.4 Å². The van der Waals surface area contributed by atoms with E-state index in [4.69, 9.17) is 10.5 Å². The van der Waals surface area contributed by atoms with Gasteiger partial charge >= 0.3 is 0 Å². The van der Waals surface area contributed by atoms with Gasteiger partial charge in [-0.3, -0.25) is 9.48 Å². The van der Waals surface area contributed by atoms with E-state index in [0.717, 1.165) is 15.9 Å². The van der Waals surface area contributed by atoms with Crippen molar-refractivity contribution in [2.75, 3.05) is 18.2 Å². The number of aromatic nitrogens is 2. The van der Waals surface area contributed by atoms with E-state index in [9.17, 15) is 4.79 Å². The molecule has 1 heterocycles. The molecule has 0 aliphatic heterocycles. The highest BCUT2D eigenvalue weighted by molar-refractivity contribution is 9.10. The SMILES string of the molecule is COc1ccc(Br)c(NC(=O)Cn2nc(C)c(N)c2C)c1. The minimum absolute atomic E-state index is 0.105. The summed E-state index contributed by atoms with van der Waals surface area (Å²) in [4.78, 5) is 12.1. The summed E-state index contributed by atoms with van der Waals surface area (Å²) in [5, 5.41) is 7.06. The number of hydrogen-bond donors (Lipinski definition) is 2. The number of hydrogen-bond acceptors (Lipinski definition) is 4. The zero-order valence-corrected chi connectivity index (χ0v) is 13.7. The fourth-order valence-corrected chi connectivity index (χ4v) is 2.26. The van der Waals surface area contributed by atoms with Crippen LogP contribution in [0.2, 0.25) is 0 Å². The quantitative estimate of drug-likeness (QED) is 0.885. The van der Waals surface area contributed by atoms with Crippen LogP contribution in [-0.2, 0) is 11.3 Å². The van der Waals surface area contributed by atoms with Crippen LogP contribution in [0, 0.1) is 13.8 Å². The normalized spacial score (nSPS) is 10.5. The van der Waals surface area contributed by atoms with Gasteiger partial charge in [0.25, 0.3) is 0 Å². The van der Waals surface area contributed by atoms with Crippen LogP contribution in [0.25, 0.3) is 0 Å². The number of nitrogens with one attached hydrogen (secondary N) is 1. The molecule has 0 aliphatic rings. The Labute approximate surface area is 131 Å². The van der Waals surface area contributed by atoms with Crippen LogP contribution in [-0.4, -0.2) is 22.8 Å². The molecule has 0 atom stereocenters. The molecule has 0 unspecified atom stereocenters. The number of nitrogens with zero attached hydrogens (tertiary/aromatic N) is 2. The maximum absolute atomic E-state index is 12.1. The topological polar surface area (TPSA) is 82.2 Å². The number of amides is 1. The largest absolute Gasteiger partial charge is 0.497 e. The smallest absolute Gasteiger partial charge is 0.246 e. The molecule has 0 saturated heterocycles. The highest BCUT2D eigenvalue weighted by Crippen LogP contribution is 2.27. The summed E-state index contributed by atoms with van der Waals surface area (Å²) in [6, 6.07) is 5.37. The predicted octanol–water partition coefficient (Wildman–Crippen LogP) is 2.49. The Morgan fingerprint density at radius 1 is 1.48 bits per heavy atom. The standard InChI is InChI=1S/C14H17BrN4O2/c1-8-14(16)9(2)19(18-8)7-13(20)17-12-6-10(21-3)4-5-11(12)15/h4-6H,7,16H2,1-3H3,(H,17,20). The van der Waals surface area contributed by atoms with Crippen molar-refractivity contribution >= 4 is 33.2 Å². The molecule has 0 saturated carbocycles.